The molecule has 4 atom stereocenters. The van der Waals surface area contributed by atoms with Crippen molar-refractivity contribution in [2.24, 2.45) is 5.11 Å². The first kappa shape index (κ1) is 11.1. The van der Waals surface area contributed by atoms with E-state index in [9.17, 15) is 4.79 Å². The number of hydrogen-bond acceptors (Lipinski definition) is 5. The van der Waals surface area contributed by atoms with Crippen LogP contribution in [0.2, 0.25) is 0 Å². The highest BCUT2D eigenvalue weighted by atomic mass is 16.6. The second kappa shape index (κ2) is 4.01. The van der Waals surface area contributed by atoms with Crippen LogP contribution < -0.4 is 10.3 Å². The highest BCUT2D eigenvalue weighted by Gasteiger charge is 2.50. The maximum Gasteiger partial charge on any atom is 0.302 e. The third-order valence-corrected chi connectivity index (χ3v) is 3.22. The first-order valence-corrected chi connectivity index (χ1v) is 5.70. The van der Waals surface area contributed by atoms with Crippen LogP contribution in [0.5, 0.6) is 6.01 Å². The van der Waals surface area contributed by atoms with Gasteiger partial charge in [0, 0.05) is 17.2 Å². The van der Waals surface area contributed by atoms with Gasteiger partial charge in [0.05, 0.1) is 6.10 Å². The summed E-state index contributed by atoms with van der Waals surface area (Å²) >= 11 is 0. The molecule has 0 N–H and O–H groups in total. The quantitative estimate of drug-likeness (QED) is 0.443. The van der Waals surface area contributed by atoms with Crippen molar-refractivity contribution >= 4 is 0 Å². The number of aromatic nitrogens is 2. The summed E-state index contributed by atoms with van der Waals surface area (Å²) in [5.41, 5.74) is 8.23. The molecular formula is C10H11N5O3. The minimum absolute atomic E-state index is 0.177. The van der Waals surface area contributed by atoms with E-state index >= 15 is 0 Å². The van der Waals surface area contributed by atoms with Crippen molar-refractivity contribution in [3.05, 3.63) is 33.1 Å². The number of nitrogens with zero attached hydrogens (tertiary/aromatic N) is 5. The summed E-state index contributed by atoms with van der Waals surface area (Å²) in [6.45, 7) is 1.95. The van der Waals surface area contributed by atoms with E-state index in [1.165, 1.54) is 6.07 Å². The van der Waals surface area contributed by atoms with Gasteiger partial charge in [-0.3, -0.25) is 9.36 Å². The van der Waals surface area contributed by atoms with Crippen molar-refractivity contribution in [2.45, 2.75) is 37.8 Å². The van der Waals surface area contributed by atoms with Gasteiger partial charge >= 0.3 is 6.01 Å². The van der Waals surface area contributed by atoms with Crippen molar-refractivity contribution in [1.82, 2.24) is 9.55 Å². The Kier molecular flexibility index (Phi) is 2.46. The van der Waals surface area contributed by atoms with Crippen molar-refractivity contribution in [1.29, 1.82) is 0 Å². The van der Waals surface area contributed by atoms with Gasteiger partial charge in [0.25, 0.3) is 5.56 Å². The molecule has 2 aliphatic rings. The first-order chi connectivity index (χ1) is 8.74. The zero-order valence-electron chi connectivity index (χ0n) is 9.63. The van der Waals surface area contributed by atoms with Crippen LogP contribution in [0.25, 0.3) is 10.4 Å². The van der Waals surface area contributed by atoms with E-state index in [1.807, 2.05) is 6.92 Å². The van der Waals surface area contributed by atoms with Crippen LogP contribution in [0, 0.1) is 0 Å². The van der Waals surface area contributed by atoms with Gasteiger partial charge in [-0.25, -0.2) is 0 Å². The molecule has 0 bridgehead atoms. The largest absolute Gasteiger partial charge is 0.456 e. The number of fused-ring (bicyclic) bond motifs is 3. The van der Waals surface area contributed by atoms with Gasteiger partial charge in [-0.05, 0) is 12.0 Å². The van der Waals surface area contributed by atoms with E-state index in [0.29, 0.717) is 0 Å². The van der Waals surface area contributed by atoms with Crippen LogP contribution in [0.15, 0.2) is 22.2 Å². The third kappa shape index (κ3) is 1.47. The van der Waals surface area contributed by atoms with E-state index < -0.39 is 12.1 Å². The van der Waals surface area contributed by atoms with Gasteiger partial charge in [0.1, 0.15) is 6.04 Å². The fourth-order valence-electron chi connectivity index (χ4n) is 2.41. The predicted molar refractivity (Wildman–Crippen MR) is 60.0 cm³/mol. The first-order valence-electron chi connectivity index (χ1n) is 5.70. The van der Waals surface area contributed by atoms with E-state index in [1.54, 1.807) is 10.8 Å². The van der Waals surface area contributed by atoms with E-state index in [2.05, 4.69) is 15.0 Å². The summed E-state index contributed by atoms with van der Waals surface area (Å²) in [4.78, 5) is 17.7. The molecule has 0 spiro atoms. The molecule has 0 radical (unpaired) electrons. The van der Waals surface area contributed by atoms with E-state index in [-0.39, 0.29) is 23.9 Å². The zero-order chi connectivity index (χ0) is 12.7. The molecule has 0 unspecified atom stereocenters. The molecule has 2 aliphatic heterocycles. The van der Waals surface area contributed by atoms with Crippen molar-refractivity contribution in [3.8, 4) is 6.01 Å². The highest BCUT2D eigenvalue weighted by Crippen LogP contribution is 2.41. The Bertz CT molecular complexity index is 579. The molecular weight excluding hydrogens is 238 g/mol. The van der Waals surface area contributed by atoms with Crippen molar-refractivity contribution < 1.29 is 9.47 Å². The Balaban J connectivity index is 2.00. The predicted octanol–water partition coefficient (Wildman–Crippen LogP) is 0.991. The highest BCUT2D eigenvalue weighted by molar-refractivity contribution is 5.12. The molecule has 1 saturated heterocycles. The fourth-order valence-corrected chi connectivity index (χ4v) is 2.41. The number of rotatable bonds is 2. The van der Waals surface area contributed by atoms with Crippen molar-refractivity contribution in [2.75, 3.05) is 0 Å². The molecule has 0 aromatic carbocycles. The van der Waals surface area contributed by atoms with Crippen LogP contribution in [-0.2, 0) is 4.74 Å². The van der Waals surface area contributed by atoms with E-state index in [0.717, 1.165) is 6.42 Å². The minimum atomic E-state index is -0.417. The monoisotopic (exact) mass is 249 g/mol. The average molecular weight is 249 g/mol. The van der Waals surface area contributed by atoms with Gasteiger partial charge in [-0.1, -0.05) is 12.0 Å². The topological polar surface area (TPSA) is 102 Å². The number of hydrogen-bond donors (Lipinski definition) is 0. The fraction of sp³-hybridized carbons (Fsp3) is 0.600. The zero-order valence-corrected chi connectivity index (χ0v) is 9.63. The number of ether oxygens (including phenoxy) is 2. The Morgan fingerprint density at radius 1 is 1.67 bits per heavy atom. The molecule has 8 nitrogen and oxygen atoms in total. The summed E-state index contributed by atoms with van der Waals surface area (Å²) in [5.74, 6) is 0. The summed E-state index contributed by atoms with van der Waals surface area (Å²) in [6, 6.07) is 1.16. The van der Waals surface area contributed by atoms with Crippen LogP contribution >= 0.6 is 0 Å². The Labute approximate surface area is 102 Å². The summed E-state index contributed by atoms with van der Waals surface area (Å²) in [6.07, 6.45) is 1.33. The van der Waals surface area contributed by atoms with Crippen LogP contribution in [0.4, 0.5) is 0 Å². The lowest BCUT2D eigenvalue weighted by Crippen LogP contribution is -2.31. The van der Waals surface area contributed by atoms with Crippen LogP contribution in [0.1, 0.15) is 19.6 Å². The van der Waals surface area contributed by atoms with Gasteiger partial charge in [0.2, 0.25) is 0 Å². The van der Waals surface area contributed by atoms with Gasteiger partial charge in [-0.15, -0.1) is 0 Å². The Morgan fingerprint density at radius 2 is 2.50 bits per heavy atom. The van der Waals surface area contributed by atoms with Crippen LogP contribution in [-0.4, -0.2) is 27.8 Å². The normalized spacial score (nSPS) is 32.3. The minimum Gasteiger partial charge on any atom is -0.456 e. The van der Waals surface area contributed by atoms with E-state index in [4.69, 9.17) is 15.0 Å². The molecule has 18 heavy (non-hydrogen) atoms. The molecule has 0 amide bonds. The lowest BCUT2D eigenvalue weighted by molar-refractivity contribution is -0.00604. The molecule has 8 heteroatoms. The van der Waals surface area contributed by atoms with Gasteiger partial charge in [0.15, 0.2) is 12.3 Å². The molecule has 3 rings (SSSR count). The molecule has 94 valence electrons. The van der Waals surface area contributed by atoms with Crippen molar-refractivity contribution in [3.63, 3.8) is 0 Å². The molecule has 1 fully saturated rings. The standard InChI is InChI=1S/C10H11N5O3/c1-2-5-7(13-14-11)8-9(17-5)15-4-3-6(16)12-10(15)18-8/h3-5,7-9H,2H2,1H3/t5-,7-,8+,9-/m1/s1. The summed E-state index contributed by atoms with van der Waals surface area (Å²) in [5, 5.41) is 3.74. The average Bonchev–Trinajstić information content (AvgIpc) is 2.86. The number of azide groups is 1. The molecule has 1 aromatic rings. The lowest BCUT2D eigenvalue weighted by Gasteiger charge is -2.15. The molecule has 0 aliphatic carbocycles. The maximum absolute atomic E-state index is 11.1. The summed E-state index contributed by atoms with van der Waals surface area (Å²) < 4.78 is 13.0. The van der Waals surface area contributed by atoms with Gasteiger partial charge < -0.3 is 9.47 Å². The second-order valence-corrected chi connectivity index (χ2v) is 4.21. The maximum atomic E-state index is 11.1. The molecule has 1 aromatic heterocycles. The molecule has 0 saturated carbocycles. The smallest absolute Gasteiger partial charge is 0.302 e. The van der Waals surface area contributed by atoms with Gasteiger partial charge in [-0.2, -0.15) is 4.98 Å². The second-order valence-electron chi connectivity index (χ2n) is 4.21. The Morgan fingerprint density at radius 3 is 3.22 bits per heavy atom. The summed E-state index contributed by atoms with van der Waals surface area (Å²) in [7, 11) is 0. The third-order valence-electron chi connectivity index (χ3n) is 3.22. The van der Waals surface area contributed by atoms with Crippen LogP contribution in [0.3, 0.4) is 0 Å². The SMILES string of the molecule is CC[C@H]1O[C@@H]2[C@@H](Oc3nc(=O)ccn32)[C@@H]1N=[N+]=[N-]. The Hall–Kier alpha value is -2.05. The molecule has 3 heterocycles. The lowest BCUT2D eigenvalue weighted by atomic mass is 10.1.